The Kier molecular flexibility index (Phi) is 11.0. The third kappa shape index (κ3) is 8.12. The lowest BCUT2D eigenvalue weighted by Gasteiger charge is -2.31. The third-order valence-electron chi connectivity index (χ3n) is 5.27. The minimum absolute atomic E-state index is 0. The molecule has 0 saturated carbocycles. The van der Waals surface area contributed by atoms with Gasteiger partial charge in [-0.05, 0) is 56.5 Å². The number of hydrogen-bond acceptors (Lipinski definition) is 4. The van der Waals surface area contributed by atoms with Gasteiger partial charge in [-0.3, -0.25) is 0 Å². The van der Waals surface area contributed by atoms with E-state index in [1.54, 1.807) is 6.07 Å². The number of guanidine groups is 1. The molecule has 6 nitrogen and oxygen atoms in total. The molecule has 1 fully saturated rings. The highest BCUT2D eigenvalue weighted by Crippen LogP contribution is 2.24. The van der Waals surface area contributed by atoms with Gasteiger partial charge in [0, 0.05) is 19.6 Å². The number of rotatable bonds is 8. The maximum atomic E-state index is 14.6. The summed E-state index contributed by atoms with van der Waals surface area (Å²) in [7, 11) is 0. The lowest BCUT2D eigenvalue weighted by molar-refractivity contribution is 0.145. The lowest BCUT2D eigenvalue weighted by atomic mass is 10.1. The van der Waals surface area contributed by atoms with Crippen LogP contribution in [0.3, 0.4) is 0 Å². The monoisotopic (exact) mass is 556 g/mol. The zero-order valence-corrected chi connectivity index (χ0v) is 21.1. The smallest absolute Gasteiger partial charge is 0.191 e. The van der Waals surface area contributed by atoms with Gasteiger partial charge in [0.2, 0.25) is 0 Å². The molecule has 1 aliphatic rings. The van der Waals surface area contributed by atoms with E-state index in [1.165, 1.54) is 5.56 Å². The number of aryl methyl sites for hydroxylation is 1. The number of benzene rings is 2. The van der Waals surface area contributed by atoms with E-state index >= 15 is 0 Å². The molecule has 0 atom stereocenters. The van der Waals surface area contributed by atoms with Crippen LogP contribution in [0.15, 0.2) is 47.5 Å². The molecular formula is C24H34FIN4O2. The number of halogens is 2. The van der Waals surface area contributed by atoms with Crippen LogP contribution in [0.4, 0.5) is 10.1 Å². The van der Waals surface area contributed by atoms with Gasteiger partial charge in [0.25, 0.3) is 0 Å². The number of hydrogen-bond donors (Lipinski definition) is 3. The summed E-state index contributed by atoms with van der Waals surface area (Å²) in [4.78, 5) is 6.55. The van der Waals surface area contributed by atoms with E-state index in [1.807, 2.05) is 55.1 Å². The number of ether oxygens (including phenoxy) is 1. The largest absolute Gasteiger partial charge is 0.492 e. The van der Waals surface area contributed by atoms with Gasteiger partial charge in [0.1, 0.15) is 18.2 Å². The molecule has 0 aromatic heterocycles. The van der Waals surface area contributed by atoms with Crippen molar-refractivity contribution in [2.75, 3.05) is 37.7 Å². The lowest BCUT2D eigenvalue weighted by Crippen LogP contribution is -2.39. The van der Waals surface area contributed by atoms with Crippen LogP contribution in [0.5, 0.6) is 5.75 Å². The van der Waals surface area contributed by atoms with Crippen molar-refractivity contribution in [3.8, 4) is 5.75 Å². The first-order valence-corrected chi connectivity index (χ1v) is 11.0. The van der Waals surface area contributed by atoms with E-state index < -0.39 is 0 Å². The van der Waals surface area contributed by atoms with Crippen molar-refractivity contribution in [1.82, 2.24) is 10.6 Å². The fourth-order valence-electron chi connectivity index (χ4n) is 3.50. The number of nitrogens with zero attached hydrogens (tertiary/aromatic N) is 2. The number of aliphatic imine (C=N–C) groups is 1. The van der Waals surface area contributed by atoms with Gasteiger partial charge >= 0.3 is 0 Å². The van der Waals surface area contributed by atoms with E-state index in [0.29, 0.717) is 57.3 Å². The maximum Gasteiger partial charge on any atom is 0.191 e. The number of aliphatic hydroxyl groups excluding tert-OH is 1. The molecule has 1 heterocycles. The van der Waals surface area contributed by atoms with Gasteiger partial charge in [-0.2, -0.15) is 0 Å². The molecule has 0 aliphatic carbocycles. The van der Waals surface area contributed by atoms with Gasteiger partial charge < -0.3 is 25.4 Å². The average molecular weight is 556 g/mol. The van der Waals surface area contributed by atoms with Gasteiger partial charge in [-0.1, -0.05) is 23.8 Å². The van der Waals surface area contributed by atoms with E-state index in [2.05, 4.69) is 15.6 Å². The summed E-state index contributed by atoms with van der Waals surface area (Å²) in [6.45, 7) is 7.63. The van der Waals surface area contributed by atoms with E-state index in [0.717, 1.165) is 17.9 Å². The molecule has 2 aromatic carbocycles. The number of piperidine rings is 1. The van der Waals surface area contributed by atoms with Gasteiger partial charge in [0.05, 0.1) is 24.9 Å². The van der Waals surface area contributed by atoms with Crippen LogP contribution >= 0.6 is 24.0 Å². The summed E-state index contributed by atoms with van der Waals surface area (Å²) < 4.78 is 20.4. The van der Waals surface area contributed by atoms with Gasteiger partial charge in [0.15, 0.2) is 5.96 Å². The third-order valence-corrected chi connectivity index (χ3v) is 5.27. The van der Waals surface area contributed by atoms with Crippen molar-refractivity contribution < 1.29 is 14.2 Å². The summed E-state index contributed by atoms with van der Waals surface area (Å²) in [5.74, 6) is 1.27. The van der Waals surface area contributed by atoms with Crippen molar-refractivity contribution in [2.45, 2.75) is 39.3 Å². The minimum atomic E-state index is -0.271. The highest BCUT2D eigenvalue weighted by Gasteiger charge is 2.19. The predicted molar refractivity (Wildman–Crippen MR) is 139 cm³/mol. The standard InChI is InChI=1S/C24H33FN4O2.HI/c1-3-26-24(27-12-15-31-21-7-4-18(2)5-8-21)28-17-19-6-9-23(22(25)16-19)29-13-10-20(30)11-14-29;/h4-9,16,20,30H,3,10-15,17H2,1-2H3,(H2,26,27,28);1H. The molecular weight excluding hydrogens is 522 g/mol. The molecule has 176 valence electrons. The molecule has 0 unspecified atom stereocenters. The van der Waals surface area contributed by atoms with Gasteiger partial charge in [-0.25, -0.2) is 9.38 Å². The molecule has 0 spiro atoms. The fourth-order valence-corrected chi connectivity index (χ4v) is 3.50. The minimum Gasteiger partial charge on any atom is -0.492 e. The Hall–Kier alpha value is -2.07. The van der Waals surface area contributed by atoms with Crippen LogP contribution in [0.25, 0.3) is 0 Å². The first-order valence-electron chi connectivity index (χ1n) is 11.0. The molecule has 8 heteroatoms. The highest BCUT2D eigenvalue weighted by atomic mass is 127. The second-order valence-electron chi connectivity index (χ2n) is 7.79. The normalized spacial score (nSPS) is 14.6. The Morgan fingerprint density at radius 1 is 1.16 bits per heavy atom. The summed E-state index contributed by atoms with van der Waals surface area (Å²) in [5, 5.41) is 16.1. The zero-order chi connectivity index (χ0) is 22.1. The van der Waals surface area contributed by atoms with Crippen molar-refractivity contribution >= 4 is 35.6 Å². The molecule has 3 N–H and O–H groups in total. The predicted octanol–water partition coefficient (Wildman–Crippen LogP) is 3.85. The van der Waals surface area contributed by atoms with Crippen LogP contribution in [0.2, 0.25) is 0 Å². The quantitative estimate of drug-likeness (QED) is 0.200. The summed E-state index contributed by atoms with van der Waals surface area (Å²) >= 11 is 0. The molecule has 2 aromatic rings. The Bertz CT molecular complexity index is 856. The van der Waals surface area contributed by atoms with Crippen LogP contribution in [0, 0.1) is 12.7 Å². The maximum absolute atomic E-state index is 14.6. The fraction of sp³-hybridized carbons (Fsp3) is 0.458. The SMILES string of the molecule is CCNC(=NCc1ccc(N2CCC(O)CC2)c(F)c1)NCCOc1ccc(C)cc1.I. The number of nitrogens with one attached hydrogen (secondary N) is 2. The second-order valence-corrected chi connectivity index (χ2v) is 7.79. The number of anilines is 1. The molecule has 32 heavy (non-hydrogen) atoms. The Morgan fingerprint density at radius 3 is 2.53 bits per heavy atom. The molecule has 0 amide bonds. The number of aliphatic hydroxyl groups is 1. The van der Waals surface area contributed by atoms with Crippen LogP contribution < -0.4 is 20.3 Å². The van der Waals surface area contributed by atoms with Crippen molar-refractivity contribution in [1.29, 1.82) is 0 Å². The van der Waals surface area contributed by atoms with Crippen LogP contribution in [-0.4, -0.2) is 50.0 Å². The Labute approximate surface area is 207 Å². The first kappa shape index (κ1) is 26.2. The van der Waals surface area contributed by atoms with Crippen molar-refractivity contribution in [3.63, 3.8) is 0 Å². The van der Waals surface area contributed by atoms with Crippen LogP contribution in [-0.2, 0) is 6.54 Å². The second kappa shape index (κ2) is 13.5. The zero-order valence-electron chi connectivity index (χ0n) is 18.8. The van der Waals surface area contributed by atoms with Gasteiger partial charge in [-0.15, -0.1) is 24.0 Å². The van der Waals surface area contributed by atoms with Crippen molar-refractivity contribution in [3.05, 3.63) is 59.4 Å². The average Bonchev–Trinajstić information content (AvgIpc) is 2.77. The summed E-state index contributed by atoms with van der Waals surface area (Å²) in [5.41, 5.74) is 2.61. The Morgan fingerprint density at radius 2 is 1.88 bits per heavy atom. The molecule has 3 rings (SSSR count). The van der Waals surface area contributed by atoms with E-state index in [9.17, 15) is 9.50 Å². The van der Waals surface area contributed by atoms with E-state index in [4.69, 9.17) is 4.74 Å². The van der Waals surface area contributed by atoms with E-state index in [-0.39, 0.29) is 35.9 Å². The Balaban J connectivity index is 0.00000363. The topological polar surface area (TPSA) is 69.1 Å². The summed E-state index contributed by atoms with van der Waals surface area (Å²) in [6, 6.07) is 13.2. The highest BCUT2D eigenvalue weighted by molar-refractivity contribution is 14.0. The summed E-state index contributed by atoms with van der Waals surface area (Å²) in [6.07, 6.45) is 1.08. The molecule has 1 aliphatic heterocycles. The molecule has 0 bridgehead atoms. The molecule has 1 saturated heterocycles. The van der Waals surface area contributed by atoms with Crippen LogP contribution in [0.1, 0.15) is 30.9 Å². The molecule has 0 radical (unpaired) electrons. The first-order chi connectivity index (χ1) is 15.0. The van der Waals surface area contributed by atoms with Crippen molar-refractivity contribution in [2.24, 2.45) is 4.99 Å².